The van der Waals surface area contributed by atoms with Crippen molar-refractivity contribution in [2.75, 3.05) is 47.5 Å². The van der Waals surface area contributed by atoms with Gasteiger partial charge in [-0.15, -0.1) is 0 Å². The van der Waals surface area contributed by atoms with Gasteiger partial charge in [-0.1, -0.05) is 292 Å². The minimum Gasteiger partial charge on any atom is -0.545 e. The van der Waals surface area contributed by atoms with Gasteiger partial charge in [-0.3, -0.25) is 9.59 Å². The smallest absolute Gasteiger partial charge is 0.306 e. The van der Waals surface area contributed by atoms with E-state index >= 15 is 0 Å². The summed E-state index contributed by atoms with van der Waals surface area (Å²) in [7, 11) is 5.91. The quantitative estimate of drug-likeness (QED) is 0.0195. The van der Waals surface area contributed by atoms with Gasteiger partial charge < -0.3 is 33.3 Å². The van der Waals surface area contributed by atoms with Crippen LogP contribution in [-0.4, -0.2) is 82.3 Å². The van der Waals surface area contributed by atoms with Crippen molar-refractivity contribution in [1.82, 2.24) is 0 Å². The van der Waals surface area contributed by atoms with Crippen LogP contribution < -0.4 is 5.11 Å². The van der Waals surface area contributed by atoms with Gasteiger partial charge in [-0.25, -0.2) is 0 Å². The van der Waals surface area contributed by atoms with Crippen LogP contribution >= 0.6 is 0 Å². The lowest BCUT2D eigenvalue weighted by Crippen LogP contribution is -2.44. The number of esters is 2. The molecule has 0 aromatic rings. The second-order valence-electron chi connectivity index (χ2n) is 24.4. The first-order chi connectivity index (χ1) is 44.6. The topological polar surface area (TPSA) is 111 Å². The van der Waals surface area contributed by atoms with Crippen molar-refractivity contribution in [3.05, 3.63) is 182 Å². The fourth-order valence-electron chi connectivity index (χ4n) is 9.24. The molecule has 9 nitrogen and oxygen atoms in total. The molecular weight excluding hydrogens is 1130 g/mol. The van der Waals surface area contributed by atoms with Crippen LogP contribution in [-0.2, 0) is 33.3 Å². The van der Waals surface area contributed by atoms with E-state index in [9.17, 15) is 19.5 Å². The van der Waals surface area contributed by atoms with E-state index in [0.29, 0.717) is 23.9 Å². The van der Waals surface area contributed by atoms with Gasteiger partial charge in [0.15, 0.2) is 12.4 Å². The Labute approximate surface area is 558 Å². The molecule has 2 atom stereocenters. The van der Waals surface area contributed by atoms with E-state index in [4.69, 9.17) is 18.9 Å². The first-order valence-electron chi connectivity index (χ1n) is 35.9. The maximum absolute atomic E-state index is 12.9. The molecule has 0 aromatic carbocycles. The van der Waals surface area contributed by atoms with Crippen molar-refractivity contribution < 1.29 is 42.9 Å². The average Bonchev–Trinajstić information content (AvgIpc) is 3.53. The summed E-state index contributed by atoms with van der Waals surface area (Å²) >= 11 is 0. The molecule has 0 amide bonds. The molecule has 91 heavy (non-hydrogen) atoms. The predicted octanol–water partition coefficient (Wildman–Crippen LogP) is 21.5. The summed E-state index contributed by atoms with van der Waals surface area (Å²) in [6.07, 6.45) is 104. The normalized spacial score (nSPS) is 13.8. The Balaban J connectivity index is 4.16. The fraction of sp³-hybridized carbons (Fsp3) is 0.598. The Morgan fingerprint density at radius 2 is 0.593 bits per heavy atom. The van der Waals surface area contributed by atoms with Crippen molar-refractivity contribution >= 4 is 17.9 Å². The first kappa shape index (κ1) is 85.4. The largest absolute Gasteiger partial charge is 0.545 e. The number of carboxylic acids is 1. The van der Waals surface area contributed by atoms with Crippen molar-refractivity contribution in [1.29, 1.82) is 0 Å². The molecule has 0 N–H and O–H groups in total. The minimum atomic E-state index is -1.64. The highest BCUT2D eigenvalue weighted by molar-refractivity contribution is 5.70. The Hall–Kier alpha value is -5.61. The first-order valence-corrected chi connectivity index (χ1v) is 35.9. The summed E-state index contributed by atoms with van der Waals surface area (Å²) < 4.78 is 22.8. The van der Waals surface area contributed by atoms with Crippen molar-refractivity contribution in [3.8, 4) is 0 Å². The molecule has 0 fully saturated rings. The third kappa shape index (κ3) is 71.7. The van der Waals surface area contributed by atoms with Gasteiger partial charge in [0.1, 0.15) is 13.2 Å². The summed E-state index contributed by atoms with van der Waals surface area (Å²) in [6.45, 7) is 4.49. The van der Waals surface area contributed by atoms with Gasteiger partial charge in [0, 0.05) is 12.8 Å². The standard InChI is InChI=1S/C82H131NO8/c1-6-8-10-12-14-16-18-20-22-24-26-28-30-32-33-34-35-36-37-38-39-40-41-42-43-44-45-46-47-49-51-53-55-57-59-61-63-65-67-69-71-73-80(85)91-78(77-90-82(81(86)87)88-75-74-83(3,4)5)76-89-79(84)72-70-68-66-64-62-60-58-56-54-52-50-48-31-29-27-25-23-21-19-17-15-13-11-9-7-2/h8-11,14-17,20-23,26-29,32-33,35-36,38-39,41-42,44-45,48,50,54,56,78,82H,6-7,12-13,18-19,24-25,30-31,34,37,40,43,46-47,49,51-53,55,57-77H2,1-5H3/b10-8-,11-9-,16-14-,17-15-,22-20-,23-21-,28-26-,29-27-,33-32-,36-35-,39-38-,42-41-,45-44-,50-48-,56-54-. The zero-order chi connectivity index (χ0) is 66.1. The van der Waals surface area contributed by atoms with E-state index in [1.54, 1.807) is 0 Å². The van der Waals surface area contributed by atoms with Gasteiger partial charge in [-0.05, 0) is 135 Å². The Morgan fingerprint density at radius 1 is 0.330 bits per heavy atom. The number of nitrogens with zero attached hydrogens (tertiary/aromatic N) is 1. The monoisotopic (exact) mass is 1260 g/mol. The zero-order valence-corrected chi connectivity index (χ0v) is 58.4. The maximum Gasteiger partial charge on any atom is 0.306 e. The molecule has 0 bridgehead atoms. The molecular formula is C82H131NO8. The molecule has 2 unspecified atom stereocenters. The minimum absolute atomic E-state index is 0.136. The van der Waals surface area contributed by atoms with Crippen LogP contribution in [0.25, 0.3) is 0 Å². The zero-order valence-electron chi connectivity index (χ0n) is 58.4. The maximum atomic E-state index is 12.9. The molecule has 0 saturated carbocycles. The van der Waals surface area contributed by atoms with Crippen LogP contribution in [0.3, 0.4) is 0 Å². The lowest BCUT2D eigenvalue weighted by atomic mass is 10.0. The highest BCUT2D eigenvalue weighted by atomic mass is 16.7. The molecule has 0 aliphatic heterocycles. The van der Waals surface area contributed by atoms with Crippen LogP contribution in [0.4, 0.5) is 0 Å². The fourth-order valence-corrected chi connectivity index (χ4v) is 9.24. The van der Waals surface area contributed by atoms with Gasteiger partial charge in [-0.2, -0.15) is 0 Å². The molecule has 0 heterocycles. The number of carboxylic acid groups (broad SMARTS) is 1. The second-order valence-corrected chi connectivity index (χ2v) is 24.4. The third-order valence-electron chi connectivity index (χ3n) is 14.6. The van der Waals surface area contributed by atoms with E-state index in [0.717, 1.165) is 154 Å². The number of quaternary nitrogens is 1. The summed E-state index contributed by atoms with van der Waals surface area (Å²) in [5, 5.41) is 11.8. The lowest BCUT2D eigenvalue weighted by molar-refractivity contribution is -0.870. The molecule has 0 aliphatic carbocycles. The number of unbranched alkanes of at least 4 members (excludes halogenated alkanes) is 19. The van der Waals surface area contributed by atoms with Crippen LogP contribution in [0.1, 0.15) is 258 Å². The SMILES string of the molecule is CC/C=C\C/C=C\C/C=C\C/C=C\C/C=C\C/C=C\C/C=C\C/C=C\C/C=C\CCCCCCCCCCCCCCCC(=O)OC(COC(=O)CCCCCCCC/C=C\C/C=C\C/C=C\C/C=C\C/C=C\C/C=C\CC)COC(OCC[N+](C)(C)C)C(=O)[O-]. The molecule has 0 spiro atoms. The van der Waals surface area contributed by atoms with Crippen LogP contribution in [0.15, 0.2) is 182 Å². The van der Waals surface area contributed by atoms with Gasteiger partial charge in [0.2, 0.25) is 0 Å². The molecule has 0 aromatic heterocycles. The molecule has 512 valence electrons. The van der Waals surface area contributed by atoms with Crippen molar-refractivity contribution in [2.45, 2.75) is 270 Å². The predicted molar refractivity (Wildman–Crippen MR) is 388 cm³/mol. The summed E-state index contributed by atoms with van der Waals surface area (Å²) in [4.78, 5) is 37.5. The lowest BCUT2D eigenvalue weighted by Gasteiger charge is -2.26. The highest BCUT2D eigenvalue weighted by Gasteiger charge is 2.22. The van der Waals surface area contributed by atoms with Gasteiger partial charge in [0.25, 0.3) is 0 Å². The number of hydrogen-bond donors (Lipinski definition) is 0. The number of carbonyl (C=O) groups excluding carboxylic acids is 3. The molecule has 0 radical (unpaired) electrons. The summed E-state index contributed by atoms with van der Waals surface area (Å²) in [6, 6.07) is 0. The molecule has 0 saturated heterocycles. The number of ether oxygens (including phenoxy) is 4. The van der Waals surface area contributed by atoms with Crippen molar-refractivity contribution in [2.24, 2.45) is 0 Å². The second kappa shape index (κ2) is 70.3. The number of rotatable bonds is 64. The molecule has 0 aliphatic rings. The van der Waals surface area contributed by atoms with E-state index < -0.39 is 24.3 Å². The third-order valence-corrected chi connectivity index (χ3v) is 14.6. The number of likely N-dealkylation sites (N-methyl/N-ethyl adjacent to an activating group) is 1. The average molecular weight is 1260 g/mol. The van der Waals surface area contributed by atoms with E-state index in [1.807, 2.05) is 21.1 Å². The molecule has 9 heteroatoms. The molecule has 0 rings (SSSR count). The number of carbonyl (C=O) groups is 3. The van der Waals surface area contributed by atoms with Crippen molar-refractivity contribution in [3.63, 3.8) is 0 Å². The van der Waals surface area contributed by atoms with Crippen LogP contribution in [0, 0.1) is 0 Å². The Morgan fingerprint density at radius 3 is 0.879 bits per heavy atom. The number of aliphatic carboxylic acids is 1. The highest BCUT2D eigenvalue weighted by Crippen LogP contribution is 2.16. The number of allylic oxidation sites excluding steroid dienone is 30. The Kier molecular flexibility index (Phi) is 65.9. The van der Waals surface area contributed by atoms with E-state index in [1.165, 1.54) is 64.2 Å². The summed E-state index contributed by atoms with van der Waals surface area (Å²) in [5.74, 6) is -2.32. The Bertz CT molecular complexity index is 2150. The van der Waals surface area contributed by atoms with Gasteiger partial charge in [0.05, 0.1) is 40.3 Å². The van der Waals surface area contributed by atoms with Crippen LogP contribution in [0.5, 0.6) is 0 Å². The van der Waals surface area contributed by atoms with E-state index in [-0.39, 0.29) is 38.6 Å². The van der Waals surface area contributed by atoms with E-state index in [2.05, 4.69) is 196 Å². The number of hydrogen-bond acceptors (Lipinski definition) is 8. The van der Waals surface area contributed by atoms with Crippen LogP contribution in [0.2, 0.25) is 0 Å². The summed E-state index contributed by atoms with van der Waals surface area (Å²) in [5.41, 5.74) is 0. The van der Waals surface area contributed by atoms with Gasteiger partial charge >= 0.3 is 11.9 Å².